The summed E-state index contributed by atoms with van der Waals surface area (Å²) >= 11 is 0. The summed E-state index contributed by atoms with van der Waals surface area (Å²) in [6, 6.07) is 0.561. The Morgan fingerprint density at radius 3 is 2.54 bits per heavy atom. The molecule has 0 aromatic heterocycles. The van der Waals surface area contributed by atoms with Crippen LogP contribution in [-0.4, -0.2) is 12.1 Å². The molecule has 1 fully saturated rings. The van der Waals surface area contributed by atoms with Crippen molar-refractivity contribution < 1.29 is 4.84 Å². The molecule has 0 aromatic carbocycles. The van der Waals surface area contributed by atoms with Crippen LogP contribution in [0.1, 0.15) is 58.8 Å². The summed E-state index contributed by atoms with van der Waals surface area (Å²) in [5.74, 6) is 0. The molecule has 0 spiro atoms. The first-order valence-corrected chi connectivity index (χ1v) is 5.78. The van der Waals surface area contributed by atoms with Crippen molar-refractivity contribution in [3.63, 3.8) is 0 Å². The van der Waals surface area contributed by atoms with Gasteiger partial charge in [0.15, 0.2) is 0 Å². The Morgan fingerprint density at radius 2 is 2.00 bits per heavy atom. The van der Waals surface area contributed by atoms with Crippen molar-refractivity contribution in [1.29, 1.82) is 0 Å². The van der Waals surface area contributed by atoms with Crippen LogP contribution in [0.3, 0.4) is 0 Å². The summed E-state index contributed by atoms with van der Waals surface area (Å²) in [6.45, 7) is 4.44. The molecule has 0 aromatic rings. The highest BCUT2D eigenvalue weighted by Gasteiger charge is 2.16. The van der Waals surface area contributed by atoms with Crippen molar-refractivity contribution in [1.82, 2.24) is 5.48 Å². The van der Waals surface area contributed by atoms with E-state index in [1.807, 2.05) is 0 Å². The van der Waals surface area contributed by atoms with Crippen LogP contribution in [0.2, 0.25) is 0 Å². The first kappa shape index (κ1) is 11.0. The molecule has 0 bridgehead atoms. The molecule has 1 rings (SSSR count). The summed E-state index contributed by atoms with van der Waals surface area (Å²) in [4.78, 5) is 5.66. The van der Waals surface area contributed by atoms with Crippen LogP contribution < -0.4 is 5.48 Å². The molecule has 0 saturated heterocycles. The first-order chi connectivity index (χ1) is 6.36. The van der Waals surface area contributed by atoms with E-state index in [0.29, 0.717) is 12.1 Å². The molecule has 1 atom stereocenters. The van der Waals surface area contributed by atoms with Crippen molar-refractivity contribution in [3.8, 4) is 0 Å². The lowest BCUT2D eigenvalue weighted by molar-refractivity contribution is -0.0421. The standard InChI is InChI=1S/C11H23NO/c1-3-7-10(4-2)12-13-11-8-5-6-9-11/h10-12H,3-9H2,1-2H3. The van der Waals surface area contributed by atoms with E-state index in [4.69, 9.17) is 4.84 Å². The largest absolute Gasteiger partial charge is 0.298 e. The second kappa shape index (κ2) is 6.39. The summed E-state index contributed by atoms with van der Waals surface area (Å²) in [5.41, 5.74) is 3.21. The SMILES string of the molecule is CCCC(CC)NOC1CCCC1. The third-order valence-electron chi connectivity index (χ3n) is 2.83. The number of hydroxylamine groups is 1. The average Bonchev–Trinajstić information content (AvgIpc) is 2.64. The predicted molar refractivity (Wildman–Crippen MR) is 55.5 cm³/mol. The number of nitrogens with one attached hydrogen (secondary N) is 1. The van der Waals surface area contributed by atoms with E-state index in [2.05, 4.69) is 19.3 Å². The van der Waals surface area contributed by atoms with Gasteiger partial charge in [-0.1, -0.05) is 33.1 Å². The summed E-state index contributed by atoms with van der Waals surface area (Å²) in [5, 5.41) is 0. The summed E-state index contributed by atoms with van der Waals surface area (Å²) in [7, 11) is 0. The zero-order chi connectivity index (χ0) is 9.52. The molecular formula is C11H23NO. The fourth-order valence-corrected chi connectivity index (χ4v) is 1.89. The van der Waals surface area contributed by atoms with Gasteiger partial charge in [0.2, 0.25) is 0 Å². The molecule has 0 amide bonds. The van der Waals surface area contributed by atoms with Crippen LogP contribution in [0.15, 0.2) is 0 Å². The van der Waals surface area contributed by atoms with Crippen molar-refractivity contribution in [2.24, 2.45) is 0 Å². The molecule has 2 heteroatoms. The molecule has 0 aliphatic heterocycles. The zero-order valence-electron chi connectivity index (χ0n) is 9.01. The van der Waals surface area contributed by atoms with Gasteiger partial charge in [-0.25, -0.2) is 0 Å². The Balaban J connectivity index is 2.07. The van der Waals surface area contributed by atoms with E-state index in [1.54, 1.807) is 0 Å². The maximum atomic E-state index is 5.66. The van der Waals surface area contributed by atoms with E-state index in [1.165, 1.54) is 44.9 Å². The first-order valence-electron chi connectivity index (χ1n) is 5.78. The van der Waals surface area contributed by atoms with Gasteiger partial charge in [0.25, 0.3) is 0 Å². The minimum Gasteiger partial charge on any atom is -0.298 e. The number of rotatable bonds is 6. The van der Waals surface area contributed by atoms with Crippen LogP contribution in [0.5, 0.6) is 0 Å². The monoisotopic (exact) mass is 185 g/mol. The molecule has 1 aliphatic rings. The van der Waals surface area contributed by atoms with Gasteiger partial charge in [-0.2, -0.15) is 5.48 Å². The van der Waals surface area contributed by atoms with E-state index >= 15 is 0 Å². The lowest BCUT2D eigenvalue weighted by Crippen LogP contribution is -2.31. The lowest BCUT2D eigenvalue weighted by atomic mass is 10.1. The Bertz CT molecular complexity index is 121. The Kier molecular flexibility index (Phi) is 5.40. The quantitative estimate of drug-likeness (QED) is 0.642. The molecule has 1 unspecified atom stereocenters. The fraction of sp³-hybridized carbons (Fsp3) is 1.00. The molecule has 1 saturated carbocycles. The Morgan fingerprint density at radius 1 is 1.31 bits per heavy atom. The van der Waals surface area contributed by atoms with E-state index in [0.717, 1.165) is 0 Å². The van der Waals surface area contributed by atoms with Gasteiger partial charge >= 0.3 is 0 Å². The molecule has 0 radical (unpaired) electrons. The molecule has 0 heterocycles. The van der Waals surface area contributed by atoms with E-state index < -0.39 is 0 Å². The van der Waals surface area contributed by atoms with Gasteiger partial charge in [0, 0.05) is 6.04 Å². The maximum Gasteiger partial charge on any atom is 0.0790 e. The third-order valence-corrected chi connectivity index (χ3v) is 2.83. The number of hydrogen-bond acceptors (Lipinski definition) is 2. The van der Waals surface area contributed by atoms with Gasteiger partial charge in [0.05, 0.1) is 6.10 Å². The molecule has 1 aliphatic carbocycles. The van der Waals surface area contributed by atoms with Crippen molar-refractivity contribution in [2.45, 2.75) is 70.9 Å². The van der Waals surface area contributed by atoms with Crippen LogP contribution in [0.4, 0.5) is 0 Å². The third kappa shape index (κ3) is 4.10. The van der Waals surface area contributed by atoms with Crippen LogP contribution in [0.25, 0.3) is 0 Å². The molecule has 1 N–H and O–H groups in total. The second-order valence-electron chi connectivity index (χ2n) is 4.04. The molecule has 78 valence electrons. The van der Waals surface area contributed by atoms with Gasteiger partial charge in [-0.3, -0.25) is 4.84 Å². The van der Waals surface area contributed by atoms with Crippen LogP contribution >= 0.6 is 0 Å². The van der Waals surface area contributed by atoms with Gasteiger partial charge in [-0.15, -0.1) is 0 Å². The maximum absolute atomic E-state index is 5.66. The minimum atomic E-state index is 0.492. The van der Waals surface area contributed by atoms with Crippen LogP contribution in [-0.2, 0) is 4.84 Å². The molecule has 2 nitrogen and oxygen atoms in total. The van der Waals surface area contributed by atoms with Gasteiger partial charge in [0.1, 0.15) is 0 Å². The predicted octanol–water partition coefficient (Wildman–Crippen LogP) is 3.03. The minimum absolute atomic E-state index is 0.492. The normalized spacial score (nSPS) is 20.8. The van der Waals surface area contributed by atoms with Crippen molar-refractivity contribution in [3.05, 3.63) is 0 Å². The van der Waals surface area contributed by atoms with E-state index in [9.17, 15) is 0 Å². The smallest absolute Gasteiger partial charge is 0.0790 e. The summed E-state index contributed by atoms with van der Waals surface area (Å²) < 4.78 is 0. The fourth-order valence-electron chi connectivity index (χ4n) is 1.89. The zero-order valence-corrected chi connectivity index (χ0v) is 9.01. The highest BCUT2D eigenvalue weighted by atomic mass is 16.7. The van der Waals surface area contributed by atoms with E-state index in [-0.39, 0.29) is 0 Å². The topological polar surface area (TPSA) is 21.3 Å². The molecule has 13 heavy (non-hydrogen) atoms. The van der Waals surface area contributed by atoms with Crippen molar-refractivity contribution >= 4 is 0 Å². The second-order valence-corrected chi connectivity index (χ2v) is 4.04. The lowest BCUT2D eigenvalue weighted by Gasteiger charge is -2.18. The molecular weight excluding hydrogens is 162 g/mol. The van der Waals surface area contributed by atoms with Crippen LogP contribution in [0, 0.1) is 0 Å². The van der Waals surface area contributed by atoms with Gasteiger partial charge < -0.3 is 0 Å². The Labute approximate surface area is 82.0 Å². The Hall–Kier alpha value is -0.0800. The number of hydrogen-bond donors (Lipinski definition) is 1. The van der Waals surface area contributed by atoms with Crippen molar-refractivity contribution in [2.75, 3.05) is 0 Å². The average molecular weight is 185 g/mol. The highest BCUT2D eigenvalue weighted by molar-refractivity contribution is 4.67. The highest BCUT2D eigenvalue weighted by Crippen LogP contribution is 2.20. The summed E-state index contributed by atoms with van der Waals surface area (Å²) in [6.07, 6.45) is 9.30. The van der Waals surface area contributed by atoms with Gasteiger partial charge in [-0.05, 0) is 25.7 Å².